The highest BCUT2D eigenvalue weighted by molar-refractivity contribution is 7.80. The van der Waals surface area contributed by atoms with Crippen LogP contribution in [0.15, 0.2) is 11.6 Å². The van der Waals surface area contributed by atoms with Crippen LogP contribution in [-0.2, 0) is 57.3 Å². The number of carbonyl (C=O) groups excluding carboxylic acids is 1. The molecule has 4 aliphatic heterocycles. The summed E-state index contributed by atoms with van der Waals surface area (Å²) in [6.07, 6.45) is -32.4. The maximum Gasteiger partial charge on any atom is 0.397 e. The van der Waals surface area contributed by atoms with Gasteiger partial charge in [-0.15, -0.1) is 0 Å². The standard InChI is InChI=1S/C54H88O27S/c1-49(2)14-15-54(23(16-49)22-8-9-29-51(5)12-11-31(81-82(70,71)72)50(3,4)28(51)10-13-52(29,6)53(22,7)17-30(54)57)48(69)80-46-42(68)38(64)35(61)27(78-46)21-74-47-43(39(65)33(59)25(19-56)76-47)79-45-41(67)37(63)34(60)26(77-45)20-73-44-40(66)36(62)32(58)24(18-55)75-44/h8,23-47,55-68H,9-21H2,1-7H3,(H,70,71,72)/t23-,24+,25+,26+,27+,28-,29+,30+,31-,32+,33+,34+,35+,36-,37-,38-,39-,40+,41+,42+,43+,44+,45-,46-,47+,51-,52+,53+,54+/m0/s1. The van der Waals surface area contributed by atoms with Crippen molar-refractivity contribution in [3.63, 3.8) is 0 Å². The van der Waals surface area contributed by atoms with Crippen molar-refractivity contribution in [2.24, 2.45) is 50.2 Å². The van der Waals surface area contributed by atoms with E-state index in [4.69, 9.17) is 42.1 Å². The highest BCUT2D eigenvalue weighted by Gasteiger charge is 2.72. The molecule has 0 aromatic heterocycles. The molecule has 0 aromatic carbocycles. The van der Waals surface area contributed by atoms with Crippen LogP contribution in [0.5, 0.6) is 0 Å². The first-order chi connectivity index (χ1) is 38.1. The SMILES string of the molecule is CC1(C)CC[C@]2(C(=O)O[C@@H]3O[C@H](CO[C@@H]4O[C@H](CO)[C@@H](O)[C@H](O)[C@H]4O[C@@H]4O[C@H](CO[C@@H]5O[C@H](CO)[C@@H](O)[C@H](O)[C@H]5O)[C@@H](O)[C@H](O)[C@H]4O)[C@@H](O)[C@H](O)[C@H]3O)[C@H](O)C[C@]3(C)C(=CC[C@@H]4[C@@]5(C)CC[C@H](OS(=O)(=O)O)C(C)(C)[C@@H]5CC[C@]43C)[C@@H]2C1. The van der Waals surface area contributed by atoms with Gasteiger partial charge < -0.3 is 109 Å². The van der Waals surface area contributed by atoms with Crippen LogP contribution in [-0.4, -0.2) is 252 Å². The zero-order chi connectivity index (χ0) is 60.4. The summed E-state index contributed by atoms with van der Waals surface area (Å²) in [5.74, 6) is -1.37. The first-order valence-corrected chi connectivity index (χ1v) is 29.9. The van der Waals surface area contributed by atoms with E-state index in [9.17, 15) is 84.5 Å². The lowest BCUT2D eigenvalue weighted by atomic mass is 9.33. The third-order valence-electron chi connectivity index (χ3n) is 21.6. The molecule has 82 heavy (non-hydrogen) atoms. The molecule has 0 amide bonds. The minimum absolute atomic E-state index is 0.0237. The molecule has 5 aliphatic carbocycles. The third kappa shape index (κ3) is 11.0. The van der Waals surface area contributed by atoms with E-state index in [-0.39, 0.29) is 35.5 Å². The number of carbonyl (C=O) groups is 1. The molecular weight excluding hydrogens is 1110 g/mol. The zero-order valence-electron chi connectivity index (χ0n) is 47.2. The molecule has 4 saturated heterocycles. The van der Waals surface area contributed by atoms with Crippen molar-refractivity contribution in [1.29, 1.82) is 0 Å². The average Bonchev–Trinajstić information content (AvgIpc) is 0.731. The second-order valence-electron chi connectivity index (χ2n) is 27.0. The summed E-state index contributed by atoms with van der Waals surface area (Å²) in [4.78, 5) is 15.2. The van der Waals surface area contributed by atoms with E-state index in [1.165, 1.54) is 0 Å². The maximum absolute atomic E-state index is 15.2. The molecule has 27 nitrogen and oxygen atoms in total. The molecule has 0 bridgehead atoms. The van der Waals surface area contributed by atoms with Gasteiger partial charge in [-0.1, -0.05) is 60.1 Å². The number of hydrogen-bond acceptors (Lipinski definition) is 26. The van der Waals surface area contributed by atoms with E-state index >= 15 is 4.79 Å². The lowest BCUT2D eigenvalue weighted by molar-refractivity contribution is -0.376. The van der Waals surface area contributed by atoms with Gasteiger partial charge in [0.25, 0.3) is 0 Å². The summed E-state index contributed by atoms with van der Waals surface area (Å²) >= 11 is 0. The van der Waals surface area contributed by atoms with Crippen LogP contribution >= 0.6 is 0 Å². The highest BCUT2D eigenvalue weighted by Crippen LogP contribution is 2.76. The monoisotopic (exact) mass is 1200 g/mol. The lowest BCUT2D eigenvalue weighted by Gasteiger charge is -2.71. The maximum atomic E-state index is 15.2. The normalized spacial score (nSPS) is 52.0. The first kappa shape index (κ1) is 64.7. The van der Waals surface area contributed by atoms with Crippen molar-refractivity contribution in [2.75, 3.05) is 26.4 Å². The van der Waals surface area contributed by atoms with Gasteiger partial charge in [-0.3, -0.25) is 9.35 Å². The number of rotatable bonds is 14. The summed E-state index contributed by atoms with van der Waals surface area (Å²) in [5.41, 5.74) is -2.82. The summed E-state index contributed by atoms with van der Waals surface area (Å²) in [7, 11) is -4.71. The van der Waals surface area contributed by atoms with Gasteiger partial charge in [0.2, 0.25) is 6.29 Å². The fourth-order valence-corrected chi connectivity index (χ4v) is 17.3. The van der Waals surface area contributed by atoms with Crippen molar-refractivity contribution >= 4 is 16.4 Å². The van der Waals surface area contributed by atoms with Crippen molar-refractivity contribution in [3.8, 4) is 0 Å². The molecule has 0 aromatic rings. The van der Waals surface area contributed by atoms with Crippen molar-refractivity contribution in [1.82, 2.24) is 0 Å². The summed E-state index contributed by atoms with van der Waals surface area (Å²) < 4.78 is 85.1. The van der Waals surface area contributed by atoms with Gasteiger partial charge in [0.05, 0.1) is 38.6 Å². The fourth-order valence-electron chi connectivity index (χ4n) is 16.6. The number of ether oxygens (including phenoxy) is 8. The summed E-state index contributed by atoms with van der Waals surface area (Å²) in [6, 6.07) is 0. The number of fused-ring (bicyclic) bond motifs is 7. The first-order valence-electron chi connectivity index (χ1n) is 28.6. The second-order valence-corrected chi connectivity index (χ2v) is 28.0. The second kappa shape index (κ2) is 23.3. The van der Waals surface area contributed by atoms with Gasteiger partial charge in [0.15, 0.2) is 18.9 Å². The van der Waals surface area contributed by atoms with Gasteiger partial charge in [0, 0.05) is 0 Å². The minimum Gasteiger partial charge on any atom is -0.432 e. The van der Waals surface area contributed by atoms with E-state index in [0.717, 1.165) is 12.0 Å². The Hall–Kier alpha value is -1.76. The Morgan fingerprint density at radius 3 is 1.68 bits per heavy atom. The smallest absolute Gasteiger partial charge is 0.397 e. The van der Waals surface area contributed by atoms with E-state index in [1.54, 1.807) is 0 Å². The van der Waals surface area contributed by atoms with Crippen LogP contribution in [0.1, 0.15) is 106 Å². The Morgan fingerprint density at radius 1 is 0.585 bits per heavy atom. The molecule has 8 fully saturated rings. The summed E-state index contributed by atoms with van der Waals surface area (Å²) in [5, 5.41) is 152. The Morgan fingerprint density at radius 2 is 1.10 bits per heavy atom. The molecule has 29 atom stereocenters. The number of aliphatic hydroxyl groups is 14. The summed E-state index contributed by atoms with van der Waals surface area (Å²) in [6.45, 7) is 11.6. The van der Waals surface area contributed by atoms with Crippen LogP contribution in [0, 0.1) is 50.2 Å². The van der Waals surface area contributed by atoms with E-state index in [1.807, 2.05) is 13.8 Å². The molecule has 15 N–H and O–H groups in total. The van der Waals surface area contributed by atoms with Gasteiger partial charge in [-0.05, 0) is 103 Å². The molecule has 472 valence electrons. The number of esters is 1. The van der Waals surface area contributed by atoms with Gasteiger partial charge in [-0.25, -0.2) is 4.18 Å². The number of aliphatic hydroxyl groups excluding tert-OH is 14. The van der Waals surface area contributed by atoms with Crippen molar-refractivity contribution in [2.45, 2.75) is 241 Å². The highest BCUT2D eigenvalue weighted by atomic mass is 32.3. The minimum atomic E-state index is -4.71. The fraction of sp³-hybridized carbons (Fsp3) is 0.944. The topological polar surface area (TPSA) is 438 Å². The predicted molar refractivity (Wildman–Crippen MR) is 275 cm³/mol. The molecule has 0 radical (unpaired) electrons. The van der Waals surface area contributed by atoms with Crippen LogP contribution < -0.4 is 0 Å². The van der Waals surface area contributed by atoms with E-state index in [0.29, 0.717) is 38.5 Å². The molecule has 4 heterocycles. The largest absolute Gasteiger partial charge is 0.432 e. The van der Waals surface area contributed by atoms with E-state index in [2.05, 4.69) is 40.7 Å². The average molecular weight is 1200 g/mol. The quantitative estimate of drug-likeness (QED) is 0.0462. The molecule has 9 rings (SSSR count). The Bertz CT molecular complexity index is 2410. The third-order valence-corrected chi connectivity index (χ3v) is 22.1. The van der Waals surface area contributed by atoms with Gasteiger partial charge in [0.1, 0.15) is 103 Å². The van der Waals surface area contributed by atoms with Gasteiger partial charge >= 0.3 is 16.4 Å². The zero-order valence-corrected chi connectivity index (χ0v) is 48.0. The number of hydrogen-bond donors (Lipinski definition) is 15. The van der Waals surface area contributed by atoms with E-state index < -0.39 is 205 Å². The Balaban J connectivity index is 0.916. The molecular formula is C54H88O27S. The van der Waals surface area contributed by atoms with Crippen molar-refractivity contribution in [3.05, 3.63) is 11.6 Å². The van der Waals surface area contributed by atoms with Crippen LogP contribution in [0.25, 0.3) is 0 Å². The molecule has 9 aliphatic rings. The van der Waals surface area contributed by atoms with Gasteiger partial charge in [-0.2, -0.15) is 8.42 Å². The van der Waals surface area contributed by atoms with Crippen molar-refractivity contribution < 1.29 is 131 Å². The molecule has 0 unspecified atom stereocenters. The molecule has 28 heteroatoms. The number of allylic oxidation sites excluding steroid dienone is 2. The molecule has 4 saturated carbocycles. The van der Waals surface area contributed by atoms with Crippen LogP contribution in [0.4, 0.5) is 0 Å². The molecule has 0 spiro atoms. The lowest BCUT2D eigenvalue weighted by Crippen LogP contribution is -2.68. The van der Waals surface area contributed by atoms with Crippen LogP contribution in [0.2, 0.25) is 0 Å². The van der Waals surface area contributed by atoms with Crippen LogP contribution in [0.3, 0.4) is 0 Å². The Labute approximate surface area is 475 Å². The Kier molecular flexibility index (Phi) is 18.4. The predicted octanol–water partition coefficient (Wildman–Crippen LogP) is -3.24.